The smallest absolute Gasteiger partial charge is 0.274 e. The van der Waals surface area contributed by atoms with Gasteiger partial charge in [-0.25, -0.2) is 14.4 Å². The van der Waals surface area contributed by atoms with Gasteiger partial charge in [0.1, 0.15) is 17.3 Å². The number of halogens is 1. The Balaban J connectivity index is 1.31. The van der Waals surface area contributed by atoms with Gasteiger partial charge in [-0.2, -0.15) is 0 Å². The van der Waals surface area contributed by atoms with E-state index in [9.17, 15) is 9.18 Å². The fraction of sp³-hybridized carbons (Fsp3) is 0.261. The van der Waals surface area contributed by atoms with E-state index in [0.29, 0.717) is 23.1 Å². The molecule has 0 unspecified atom stereocenters. The molecule has 1 amide bonds. The van der Waals surface area contributed by atoms with Crippen molar-refractivity contribution in [3.63, 3.8) is 0 Å². The van der Waals surface area contributed by atoms with Crippen LogP contribution in [0.5, 0.6) is 0 Å². The third-order valence-electron chi connectivity index (χ3n) is 5.26. The summed E-state index contributed by atoms with van der Waals surface area (Å²) in [7, 11) is 0. The minimum absolute atomic E-state index is 0.0796. The molecule has 29 heavy (non-hydrogen) atoms. The minimum atomic E-state index is -0.296. The quantitative estimate of drug-likeness (QED) is 0.699. The lowest BCUT2D eigenvalue weighted by Gasteiger charge is -2.31. The van der Waals surface area contributed by atoms with Crippen LogP contribution in [0.3, 0.4) is 0 Å². The van der Waals surface area contributed by atoms with Crippen LogP contribution >= 0.6 is 0 Å². The summed E-state index contributed by atoms with van der Waals surface area (Å²) in [5.74, 6) is 0.739. The molecule has 2 aromatic carbocycles. The molecule has 1 aliphatic rings. The molecule has 0 bridgehead atoms. The van der Waals surface area contributed by atoms with E-state index in [2.05, 4.69) is 39.6 Å². The van der Waals surface area contributed by atoms with Crippen LogP contribution in [0, 0.1) is 11.7 Å². The van der Waals surface area contributed by atoms with E-state index in [1.165, 1.54) is 30.1 Å². The number of amides is 1. The fourth-order valence-corrected chi connectivity index (χ4v) is 3.63. The SMILES string of the molecule is O=C(c1cnc(Nc2ccc(F)cc2)cn1)N1CCC(Cc2ccccc2)CC1. The number of aromatic nitrogens is 2. The molecule has 2 heterocycles. The zero-order valence-corrected chi connectivity index (χ0v) is 16.1. The van der Waals surface area contributed by atoms with Gasteiger partial charge in [-0.1, -0.05) is 30.3 Å². The molecule has 0 radical (unpaired) electrons. The van der Waals surface area contributed by atoms with Crippen molar-refractivity contribution in [3.05, 3.63) is 84.1 Å². The van der Waals surface area contributed by atoms with Crippen molar-refractivity contribution >= 4 is 17.4 Å². The molecule has 0 aliphatic carbocycles. The second-order valence-electron chi connectivity index (χ2n) is 7.34. The van der Waals surface area contributed by atoms with Gasteiger partial charge in [0, 0.05) is 18.8 Å². The Morgan fingerprint density at radius 2 is 1.72 bits per heavy atom. The standard InChI is InChI=1S/C23H23FN4O/c24-19-6-8-20(9-7-19)27-22-16-25-21(15-26-22)23(29)28-12-10-18(11-13-28)14-17-4-2-1-3-5-17/h1-9,15-16,18H,10-14H2,(H,26,27). The van der Waals surface area contributed by atoms with Crippen LogP contribution in [0.2, 0.25) is 0 Å². The summed E-state index contributed by atoms with van der Waals surface area (Å²) in [6.45, 7) is 1.49. The molecule has 1 N–H and O–H groups in total. The number of likely N-dealkylation sites (tertiary alicyclic amines) is 1. The highest BCUT2D eigenvalue weighted by Crippen LogP contribution is 2.23. The van der Waals surface area contributed by atoms with Crippen molar-refractivity contribution in [2.75, 3.05) is 18.4 Å². The molecule has 1 aromatic heterocycles. The maximum Gasteiger partial charge on any atom is 0.274 e. The van der Waals surface area contributed by atoms with Crippen LogP contribution in [-0.2, 0) is 6.42 Å². The number of benzene rings is 2. The second-order valence-corrected chi connectivity index (χ2v) is 7.34. The second kappa shape index (κ2) is 8.82. The van der Waals surface area contributed by atoms with E-state index in [1.807, 2.05) is 11.0 Å². The number of hydrogen-bond donors (Lipinski definition) is 1. The van der Waals surface area contributed by atoms with Crippen LogP contribution in [-0.4, -0.2) is 33.9 Å². The van der Waals surface area contributed by atoms with Crippen LogP contribution in [0.4, 0.5) is 15.9 Å². The topological polar surface area (TPSA) is 58.1 Å². The number of carbonyl (C=O) groups is 1. The number of piperidine rings is 1. The van der Waals surface area contributed by atoms with Crippen molar-refractivity contribution in [3.8, 4) is 0 Å². The first-order valence-electron chi connectivity index (χ1n) is 9.85. The van der Waals surface area contributed by atoms with Crippen molar-refractivity contribution in [1.82, 2.24) is 14.9 Å². The zero-order chi connectivity index (χ0) is 20.1. The third-order valence-corrected chi connectivity index (χ3v) is 5.26. The molecule has 0 spiro atoms. The largest absolute Gasteiger partial charge is 0.339 e. The number of nitrogens with one attached hydrogen (secondary N) is 1. The number of anilines is 2. The molecule has 1 aliphatic heterocycles. The number of nitrogens with zero attached hydrogens (tertiary/aromatic N) is 3. The first-order chi connectivity index (χ1) is 14.2. The minimum Gasteiger partial charge on any atom is -0.339 e. The molecule has 0 atom stereocenters. The summed E-state index contributed by atoms with van der Waals surface area (Å²) in [4.78, 5) is 23.1. The van der Waals surface area contributed by atoms with Gasteiger partial charge in [-0.15, -0.1) is 0 Å². The molecular formula is C23H23FN4O. The van der Waals surface area contributed by atoms with Gasteiger partial charge in [0.15, 0.2) is 0 Å². The Kier molecular flexibility index (Phi) is 5.79. The molecule has 148 valence electrons. The number of rotatable bonds is 5. The molecule has 3 aromatic rings. The van der Waals surface area contributed by atoms with Gasteiger partial charge in [-0.3, -0.25) is 4.79 Å². The predicted octanol–water partition coefficient (Wildman–Crippen LogP) is 4.45. The third kappa shape index (κ3) is 4.96. The first kappa shape index (κ1) is 19.1. The van der Waals surface area contributed by atoms with E-state index in [1.54, 1.807) is 12.1 Å². The van der Waals surface area contributed by atoms with Gasteiger partial charge in [0.2, 0.25) is 0 Å². The van der Waals surface area contributed by atoms with Crippen molar-refractivity contribution in [2.45, 2.75) is 19.3 Å². The maximum atomic E-state index is 13.0. The average Bonchev–Trinajstić information content (AvgIpc) is 2.77. The van der Waals surface area contributed by atoms with E-state index in [4.69, 9.17) is 0 Å². The first-order valence-corrected chi connectivity index (χ1v) is 9.85. The van der Waals surface area contributed by atoms with E-state index < -0.39 is 0 Å². The molecule has 5 nitrogen and oxygen atoms in total. The van der Waals surface area contributed by atoms with Crippen LogP contribution in [0.25, 0.3) is 0 Å². The van der Waals surface area contributed by atoms with Crippen molar-refractivity contribution in [2.24, 2.45) is 5.92 Å². The Bertz CT molecular complexity index is 937. The van der Waals surface area contributed by atoms with Crippen LogP contribution in [0.15, 0.2) is 67.0 Å². The lowest BCUT2D eigenvalue weighted by atomic mass is 9.90. The van der Waals surface area contributed by atoms with Gasteiger partial charge in [0.25, 0.3) is 5.91 Å². The zero-order valence-electron chi connectivity index (χ0n) is 16.1. The van der Waals surface area contributed by atoms with Gasteiger partial charge < -0.3 is 10.2 Å². The summed E-state index contributed by atoms with van der Waals surface area (Å²) in [5.41, 5.74) is 2.41. The highest BCUT2D eigenvalue weighted by Gasteiger charge is 2.24. The highest BCUT2D eigenvalue weighted by atomic mass is 19.1. The Labute approximate surface area is 169 Å². The summed E-state index contributed by atoms with van der Waals surface area (Å²) in [6, 6.07) is 16.5. The normalized spacial score (nSPS) is 14.6. The Morgan fingerprint density at radius 3 is 2.38 bits per heavy atom. The molecule has 0 saturated carbocycles. The monoisotopic (exact) mass is 390 g/mol. The van der Waals surface area contributed by atoms with Crippen molar-refractivity contribution < 1.29 is 9.18 Å². The highest BCUT2D eigenvalue weighted by molar-refractivity contribution is 5.92. The number of hydrogen-bond acceptors (Lipinski definition) is 4. The molecule has 1 fully saturated rings. The molecule has 1 saturated heterocycles. The van der Waals surface area contributed by atoms with E-state index in [0.717, 1.165) is 32.4 Å². The molecular weight excluding hydrogens is 367 g/mol. The summed E-state index contributed by atoms with van der Waals surface area (Å²) < 4.78 is 13.0. The maximum absolute atomic E-state index is 13.0. The molecule has 4 rings (SSSR count). The summed E-state index contributed by atoms with van der Waals surface area (Å²) in [6.07, 6.45) is 6.08. The summed E-state index contributed by atoms with van der Waals surface area (Å²) >= 11 is 0. The van der Waals surface area contributed by atoms with Crippen molar-refractivity contribution in [1.29, 1.82) is 0 Å². The van der Waals surface area contributed by atoms with Gasteiger partial charge in [0.05, 0.1) is 12.4 Å². The summed E-state index contributed by atoms with van der Waals surface area (Å²) in [5, 5.41) is 3.04. The average molecular weight is 390 g/mol. The van der Waals surface area contributed by atoms with Crippen LogP contribution in [0.1, 0.15) is 28.9 Å². The van der Waals surface area contributed by atoms with Gasteiger partial charge >= 0.3 is 0 Å². The lowest BCUT2D eigenvalue weighted by Crippen LogP contribution is -2.39. The Morgan fingerprint density at radius 1 is 1.00 bits per heavy atom. The van der Waals surface area contributed by atoms with Gasteiger partial charge in [-0.05, 0) is 55.0 Å². The van der Waals surface area contributed by atoms with E-state index >= 15 is 0 Å². The Hall–Kier alpha value is -3.28. The van der Waals surface area contributed by atoms with E-state index in [-0.39, 0.29) is 11.7 Å². The molecule has 6 heteroatoms. The van der Waals surface area contributed by atoms with Crippen LogP contribution < -0.4 is 5.32 Å². The fourth-order valence-electron chi connectivity index (χ4n) is 3.63. The predicted molar refractivity (Wildman–Crippen MR) is 110 cm³/mol. The number of carbonyl (C=O) groups excluding carboxylic acids is 1. The lowest BCUT2D eigenvalue weighted by molar-refractivity contribution is 0.0684.